The number of carbonyl (C=O) groups is 1. The maximum Gasteiger partial charge on any atom is 0.337 e. The van der Waals surface area contributed by atoms with Gasteiger partial charge in [-0.3, -0.25) is 0 Å². The molecule has 0 unspecified atom stereocenters. The van der Waals surface area contributed by atoms with E-state index in [-0.39, 0.29) is 22.7 Å². The first-order valence-electron chi connectivity index (χ1n) is 6.65. The normalized spacial score (nSPS) is 10.6. The van der Waals surface area contributed by atoms with Crippen LogP contribution in [0.4, 0.5) is 11.4 Å². The summed E-state index contributed by atoms with van der Waals surface area (Å²) in [6.07, 6.45) is 3.32. The Morgan fingerprint density at radius 2 is 1.91 bits per heavy atom. The molecule has 0 saturated carbocycles. The van der Waals surface area contributed by atoms with Crippen LogP contribution in [0.15, 0.2) is 54.8 Å². The van der Waals surface area contributed by atoms with Crippen molar-refractivity contribution in [3.63, 3.8) is 0 Å². The zero-order valence-corrected chi connectivity index (χ0v) is 12.2. The molecule has 0 radical (unpaired) electrons. The Labute approximate surface area is 132 Å². The number of hydrogen-bond donors (Lipinski definition) is 5. The number of aromatic carboxylic acids is 1. The fraction of sp³-hybridized carbons (Fsp3) is 0. The molecule has 0 bridgehead atoms. The van der Waals surface area contributed by atoms with E-state index < -0.39 is 5.97 Å². The van der Waals surface area contributed by atoms with Crippen molar-refractivity contribution in [2.75, 3.05) is 11.1 Å². The molecule has 0 amide bonds. The van der Waals surface area contributed by atoms with Crippen molar-refractivity contribution in [2.45, 2.75) is 0 Å². The lowest BCUT2D eigenvalue weighted by Gasteiger charge is -2.10. The van der Waals surface area contributed by atoms with Crippen molar-refractivity contribution in [1.29, 1.82) is 0 Å². The summed E-state index contributed by atoms with van der Waals surface area (Å²) in [4.78, 5) is 11.2. The van der Waals surface area contributed by atoms with Gasteiger partial charge in [0.05, 0.1) is 16.9 Å². The summed E-state index contributed by atoms with van der Waals surface area (Å²) in [6, 6.07) is 8.79. The van der Waals surface area contributed by atoms with Crippen LogP contribution in [-0.4, -0.2) is 21.3 Å². The van der Waals surface area contributed by atoms with E-state index in [0.29, 0.717) is 16.9 Å². The minimum absolute atomic E-state index is 0.0163. The third-order valence-corrected chi connectivity index (χ3v) is 3.06. The summed E-state index contributed by atoms with van der Waals surface area (Å²) < 4.78 is 0. The molecule has 2 rings (SSSR count). The van der Waals surface area contributed by atoms with E-state index >= 15 is 0 Å². The fourth-order valence-electron chi connectivity index (χ4n) is 1.89. The van der Waals surface area contributed by atoms with Gasteiger partial charge in [-0.2, -0.15) is 0 Å². The zero-order chi connectivity index (χ0) is 17.0. The van der Waals surface area contributed by atoms with Crippen molar-refractivity contribution >= 4 is 23.4 Å². The molecule has 0 heterocycles. The molecule has 0 aromatic heterocycles. The predicted octanol–water partition coefficient (Wildman–Crippen LogP) is 3.02. The number of nitrogens with one attached hydrogen (secondary N) is 1. The topological polar surface area (TPSA) is 116 Å². The van der Waals surface area contributed by atoms with Gasteiger partial charge in [-0.15, -0.1) is 0 Å². The SMILES string of the molecule is C=C(/C=C/c1ccc(N)c(O)c1)Nc1ccc(O)cc1C(=O)O. The highest BCUT2D eigenvalue weighted by atomic mass is 16.4. The second-order valence-corrected chi connectivity index (χ2v) is 4.84. The number of anilines is 2. The van der Waals surface area contributed by atoms with Gasteiger partial charge < -0.3 is 26.4 Å². The molecule has 2 aromatic rings. The lowest BCUT2D eigenvalue weighted by molar-refractivity contribution is 0.0697. The Hall–Kier alpha value is -3.41. The second kappa shape index (κ2) is 6.57. The number of rotatable bonds is 5. The third-order valence-electron chi connectivity index (χ3n) is 3.06. The van der Waals surface area contributed by atoms with Gasteiger partial charge in [0.25, 0.3) is 0 Å². The highest BCUT2D eigenvalue weighted by Gasteiger charge is 2.11. The quantitative estimate of drug-likeness (QED) is 0.251. The van der Waals surface area contributed by atoms with Crippen molar-refractivity contribution < 1.29 is 20.1 Å². The van der Waals surface area contributed by atoms with Crippen LogP contribution in [0.1, 0.15) is 15.9 Å². The molecule has 0 fully saturated rings. The number of nitrogen functional groups attached to an aromatic ring is 1. The highest BCUT2D eigenvalue weighted by Crippen LogP contribution is 2.24. The number of hydrogen-bond acceptors (Lipinski definition) is 5. The fourth-order valence-corrected chi connectivity index (χ4v) is 1.89. The number of phenolic OH excluding ortho intramolecular Hbond substituents is 2. The molecular formula is C17H16N2O4. The first kappa shape index (κ1) is 16.0. The van der Waals surface area contributed by atoms with E-state index in [1.165, 1.54) is 18.2 Å². The maximum atomic E-state index is 11.2. The smallest absolute Gasteiger partial charge is 0.337 e. The molecule has 6 nitrogen and oxygen atoms in total. The predicted molar refractivity (Wildman–Crippen MR) is 89.4 cm³/mol. The van der Waals surface area contributed by atoms with Crippen LogP contribution in [-0.2, 0) is 0 Å². The van der Waals surface area contributed by atoms with Crippen molar-refractivity contribution in [1.82, 2.24) is 0 Å². The Bertz CT molecular complexity index is 797. The van der Waals surface area contributed by atoms with Crippen LogP contribution >= 0.6 is 0 Å². The molecule has 0 aliphatic heterocycles. The van der Waals surface area contributed by atoms with Gasteiger partial charge in [0, 0.05) is 5.70 Å². The summed E-state index contributed by atoms with van der Waals surface area (Å²) in [6.45, 7) is 3.79. The second-order valence-electron chi connectivity index (χ2n) is 4.84. The van der Waals surface area contributed by atoms with E-state index in [0.717, 1.165) is 6.07 Å². The van der Waals surface area contributed by atoms with E-state index in [9.17, 15) is 15.0 Å². The van der Waals surface area contributed by atoms with Crippen molar-refractivity contribution in [3.8, 4) is 11.5 Å². The average Bonchev–Trinajstić information content (AvgIpc) is 2.50. The van der Waals surface area contributed by atoms with Gasteiger partial charge >= 0.3 is 5.97 Å². The number of allylic oxidation sites excluding steroid dienone is 1. The minimum atomic E-state index is -1.16. The first-order valence-corrected chi connectivity index (χ1v) is 6.65. The lowest BCUT2D eigenvalue weighted by atomic mass is 10.1. The number of phenols is 2. The van der Waals surface area contributed by atoms with Crippen LogP contribution in [0.3, 0.4) is 0 Å². The molecular weight excluding hydrogens is 296 g/mol. The molecule has 0 spiro atoms. The maximum absolute atomic E-state index is 11.2. The first-order chi connectivity index (χ1) is 10.9. The van der Waals surface area contributed by atoms with Crippen LogP contribution in [0, 0.1) is 0 Å². The number of aromatic hydroxyl groups is 2. The summed E-state index contributed by atoms with van der Waals surface area (Å²) in [5.41, 5.74) is 7.21. The Balaban J connectivity index is 2.15. The molecule has 2 aromatic carbocycles. The van der Waals surface area contributed by atoms with Gasteiger partial charge in [0.15, 0.2) is 0 Å². The minimum Gasteiger partial charge on any atom is -0.508 e. The summed E-state index contributed by atoms with van der Waals surface area (Å²) >= 11 is 0. The number of carboxylic acids is 1. The highest BCUT2D eigenvalue weighted by molar-refractivity contribution is 5.95. The van der Waals surface area contributed by atoms with E-state index in [4.69, 9.17) is 10.8 Å². The Kier molecular flexibility index (Phi) is 4.56. The average molecular weight is 312 g/mol. The van der Waals surface area contributed by atoms with Crippen molar-refractivity contribution in [3.05, 3.63) is 65.9 Å². The summed E-state index contributed by atoms with van der Waals surface area (Å²) in [7, 11) is 0. The lowest BCUT2D eigenvalue weighted by Crippen LogP contribution is -2.04. The third kappa shape index (κ3) is 4.04. The standard InChI is InChI=1S/C17H16N2O4/c1-10(2-3-11-4-6-14(18)16(21)8-11)19-15-7-5-12(20)9-13(15)17(22)23/h2-9,19-21H,1,18H2,(H,22,23)/b3-2+. The van der Waals surface area contributed by atoms with E-state index in [1.54, 1.807) is 24.3 Å². The Morgan fingerprint density at radius 1 is 1.17 bits per heavy atom. The van der Waals surface area contributed by atoms with Gasteiger partial charge in [-0.25, -0.2) is 4.79 Å². The van der Waals surface area contributed by atoms with Gasteiger partial charge in [-0.1, -0.05) is 18.7 Å². The van der Waals surface area contributed by atoms with E-state index in [1.807, 2.05) is 0 Å². The Morgan fingerprint density at radius 3 is 2.57 bits per heavy atom. The number of carboxylic acid groups (broad SMARTS) is 1. The molecule has 6 heteroatoms. The molecule has 0 aliphatic rings. The largest absolute Gasteiger partial charge is 0.508 e. The summed E-state index contributed by atoms with van der Waals surface area (Å²) in [5, 5.41) is 30.9. The van der Waals surface area contributed by atoms with Crippen LogP contribution in [0.25, 0.3) is 6.08 Å². The number of benzene rings is 2. The molecule has 0 atom stereocenters. The van der Waals surface area contributed by atoms with Crippen LogP contribution < -0.4 is 11.1 Å². The zero-order valence-electron chi connectivity index (χ0n) is 12.2. The molecule has 6 N–H and O–H groups in total. The van der Waals surface area contributed by atoms with Crippen LogP contribution in [0.5, 0.6) is 11.5 Å². The van der Waals surface area contributed by atoms with Crippen LogP contribution in [0.2, 0.25) is 0 Å². The molecule has 0 saturated heterocycles. The number of nitrogens with two attached hydrogens (primary N) is 1. The summed E-state index contributed by atoms with van der Waals surface area (Å²) in [5.74, 6) is -1.31. The monoisotopic (exact) mass is 312 g/mol. The van der Waals surface area contributed by atoms with E-state index in [2.05, 4.69) is 11.9 Å². The molecule has 23 heavy (non-hydrogen) atoms. The van der Waals surface area contributed by atoms with Gasteiger partial charge in [0.1, 0.15) is 11.5 Å². The molecule has 0 aliphatic carbocycles. The van der Waals surface area contributed by atoms with Gasteiger partial charge in [-0.05, 0) is 42.0 Å². The molecule has 118 valence electrons. The van der Waals surface area contributed by atoms with Crippen molar-refractivity contribution in [2.24, 2.45) is 0 Å². The van der Waals surface area contributed by atoms with Gasteiger partial charge in [0.2, 0.25) is 0 Å².